The molecule has 1 atom stereocenters. The number of ether oxygens (including phenoxy) is 2. The maximum Gasteiger partial charge on any atom is 0.346 e. The van der Waals surface area contributed by atoms with Crippen molar-refractivity contribution in [3.05, 3.63) is 63.2 Å². The van der Waals surface area contributed by atoms with Crippen molar-refractivity contribution in [1.29, 1.82) is 0 Å². The number of hydrogen-bond acceptors (Lipinski definition) is 7. The highest BCUT2D eigenvalue weighted by Gasteiger charge is 2.51. The predicted octanol–water partition coefficient (Wildman–Crippen LogP) is 3.60. The summed E-state index contributed by atoms with van der Waals surface area (Å²) in [5.74, 6) is 0.354. The molecule has 2 aromatic rings. The first-order valence-electron chi connectivity index (χ1n) is 12.2. The standard InChI is InChI=1S/C24H27N4O7P/c29-24(25-12-14-33-15-13-25)17-2-1-3-18(16-17)34-23-20-5-7-22(19(20)4-6-21(23)28(30)31)35-36(32,26-8-9-26)27-10-11-27/h1-4,6,16,22H,5,7-15H2/t22-/m0/s1. The number of carbonyl (C=O) groups is 1. The van der Waals surface area contributed by atoms with Crippen molar-refractivity contribution < 1.29 is 28.3 Å². The zero-order valence-corrected chi connectivity index (χ0v) is 20.6. The number of carbonyl (C=O) groups excluding carboxylic acids is 1. The largest absolute Gasteiger partial charge is 0.450 e. The van der Waals surface area contributed by atoms with Crippen LogP contribution < -0.4 is 4.74 Å². The summed E-state index contributed by atoms with van der Waals surface area (Å²) in [6, 6.07) is 9.80. The Morgan fingerprint density at radius 2 is 1.78 bits per heavy atom. The van der Waals surface area contributed by atoms with Gasteiger partial charge in [-0.2, -0.15) is 0 Å². The fraction of sp³-hybridized carbons (Fsp3) is 0.458. The third-order valence-electron chi connectivity index (χ3n) is 6.90. The van der Waals surface area contributed by atoms with Crippen LogP contribution in [0.15, 0.2) is 36.4 Å². The molecule has 0 saturated carbocycles. The number of amides is 1. The lowest BCUT2D eigenvalue weighted by Gasteiger charge is -2.27. The second-order valence-corrected chi connectivity index (χ2v) is 11.6. The molecule has 3 saturated heterocycles. The molecule has 0 spiro atoms. The number of hydrogen-bond donors (Lipinski definition) is 0. The second-order valence-electron chi connectivity index (χ2n) is 9.30. The summed E-state index contributed by atoms with van der Waals surface area (Å²) in [5.41, 5.74) is 1.74. The average molecular weight is 514 g/mol. The van der Waals surface area contributed by atoms with Crippen LogP contribution in [0.2, 0.25) is 0 Å². The summed E-state index contributed by atoms with van der Waals surface area (Å²) < 4.78 is 34.9. The molecular formula is C24H27N4O7P. The minimum absolute atomic E-state index is 0.133. The Labute approximate surface area is 208 Å². The Kier molecular flexibility index (Phi) is 6.05. The summed E-state index contributed by atoms with van der Waals surface area (Å²) in [4.78, 5) is 26.0. The van der Waals surface area contributed by atoms with Crippen LogP contribution in [0.25, 0.3) is 0 Å². The number of nitrogens with zero attached hydrogens (tertiary/aromatic N) is 4. The van der Waals surface area contributed by atoms with E-state index in [9.17, 15) is 19.5 Å². The molecule has 0 N–H and O–H groups in total. The van der Waals surface area contributed by atoms with Crippen LogP contribution in [-0.4, -0.2) is 77.6 Å². The highest BCUT2D eigenvalue weighted by Crippen LogP contribution is 2.64. The molecule has 12 heteroatoms. The zero-order chi connectivity index (χ0) is 24.9. The van der Waals surface area contributed by atoms with Gasteiger partial charge in [-0.3, -0.25) is 24.0 Å². The SMILES string of the molecule is O=C(c1cccc(Oc2c([N+](=O)[O-])ccc3c2CC[C@@H]3OP(=O)(N2CC2)N2CC2)c1)N1CCOCC1. The minimum Gasteiger partial charge on any atom is -0.450 e. The average Bonchev–Trinajstić information content (AvgIpc) is 3.81. The molecule has 3 fully saturated rings. The number of nitro benzene ring substituents is 1. The normalized spacial score (nSPS) is 21.8. The first-order valence-corrected chi connectivity index (χ1v) is 13.7. The molecule has 190 valence electrons. The monoisotopic (exact) mass is 514 g/mol. The predicted molar refractivity (Wildman–Crippen MR) is 129 cm³/mol. The van der Waals surface area contributed by atoms with Crippen molar-refractivity contribution in [2.75, 3.05) is 52.5 Å². The number of morpholine rings is 1. The van der Waals surface area contributed by atoms with Gasteiger partial charge in [-0.05, 0) is 42.7 Å². The molecule has 11 nitrogen and oxygen atoms in total. The Hall–Kier alpha value is -2.82. The molecule has 4 aliphatic rings. The van der Waals surface area contributed by atoms with E-state index in [4.69, 9.17) is 14.0 Å². The Bertz CT molecular complexity index is 1240. The van der Waals surface area contributed by atoms with Crippen LogP contribution in [-0.2, 0) is 20.2 Å². The second kappa shape index (κ2) is 9.24. The van der Waals surface area contributed by atoms with Crippen molar-refractivity contribution in [2.45, 2.75) is 18.9 Å². The van der Waals surface area contributed by atoms with Crippen LogP contribution in [0.3, 0.4) is 0 Å². The molecule has 6 rings (SSSR count). The summed E-state index contributed by atoms with van der Waals surface area (Å²) in [6.45, 7) is 5.03. The summed E-state index contributed by atoms with van der Waals surface area (Å²) >= 11 is 0. The van der Waals surface area contributed by atoms with E-state index in [-0.39, 0.29) is 17.3 Å². The molecular weight excluding hydrogens is 487 g/mol. The van der Waals surface area contributed by atoms with Crippen molar-refractivity contribution in [3.8, 4) is 11.5 Å². The van der Waals surface area contributed by atoms with Crippen molar-refractivity contribution in [2.24, 2.45) is 0 Å². The lowest BCUT2D eigenvalue weighted by atomic mass is 10.1. The van der Waals surface area contributed by atoms with E-state index in [1.165, 1.54) is 6.07 Å². The van der Waals surface area contributed by atoms with E-state index in [2.05, 4.69) is 0 Å². The molecule has 1 aliphatic carbocycles. The maximum absolute atomic E-state index is 13.5. The molecule has 2 aromatic carbocycles. The van der Waals surface area contributed by atoms with E-state index in [1.54, 1.807) is 35.2 Å². The third-order valence-corrected chi connectivity index (χ3v) is 9.66. The topological polar surface area (TPSA) is 114 Å². The minimum atomic E-state index is -3.05. The fourth-order valence-electron chi connectivity index (χ4n) is 4.82. The Morgan fingerprint density at radius 1 is 1.06 bits per heavy atom. The van der Waals surface area contributed by atoms with E-state index in [0.717, 1.165) is 31.7 Å². The van der Waals surface area contributed by atoms with E-state index < -0.39 is 18.7 Å². The van der Waals surface area contributed by atoms with Crippen LogP contribution in [0.5, 0.6) is 11.5 Å². The summed E-state index contributed by atoms with van der Waals surface area (Å²) in [6.07, 6.45) is 0.641. The number of nitro groups is 1. The maximum atomic E-state index is 13.5. The van der Waals surface area contributed by atoms with Gasteiger partial charge in [-0.15, -0.1) is 0 Å². The Balaban J connectivity index is 1.28. The van der Waals surface area contributed by atoms with Gasteiger partial charge in [-0.25, -0.2) is 9.34 Å². The van der Waals surface area contributed by atoms with Gasteiger partial charge in [0.05, 0.1) is 24.2 Å². The van der Waals surface area contributed by atoms with Crippen LogP contribution >= 0.6 is 7.67 Å². The van der Waals surface area contributed by atoms with Gasteiger partial charge in [-0.1, -0.05) is 6.07 Å². The van der Waals surface area contributed by atoms with E-state index in [1.807, 2.05) is 9.34 Å². The molecule has 0 aromatic heterocycles. The molecule has 3 heterocycles. The molecule has 1 amide bonds. The summed E-state index contributed by atoms with van der Waals surface area (Å²) in [5, 5.41) is 11.9. The van der Waals surface area contributed by atoms with Crippen LogP contribution in [0, 0.1) is 10.1 Å². The van der Waals surface area contributed by atoms with Crippen molar-refractivity contribution in [3.63, 3.8) is 0 Å². The van der Waals surface area contributed by atoms with Crippen LogP contribution in [0.4, 0.5) is 5.69 Å². The molecule has 0 radical (unpaired) electrons. The number of benzene rings is 2. The molecule has 36 heavy (non-hydrogen) atoms. The first kappa shape index (κ1) is 23.6. The first-order chi connectivity index (χ1) is 17.4. The van der Waals surface area contributed by atoms with Gasteiger partial charge in [0.1, 0.15) is 5.75 Å². The Morgan fingerprint density at radius 3 is 2.44 bits per heavy atom. The van der Waals surface area contributed by atoms with Gasteiger partial charge in [0, 0.05) is 56.5 Å². The van der Waals surface area contributed by atoms with Crippen molar-refractivity contribution in [1.82, 2.24) is 14.2 Å². The lowest BCUT2D eigenvalue weighted by molar-refractivity contribution is -0.385. The van der Waals surface area contributed by atoms with Crippen molar-refractivity contribution >= 4 is 19.3 Å². The highest BCUT2D eigenvalue weighted by atomic mass is 31.2. The molecule has 0 unspecified atom stereocenters. The van der Waals surface area contributed by atoms with Gasteiger partial charge >= 0.3 is 13.4 Å². The van der Waals surface area contributed by atoms with Crippen LogP contribution in [0.1, 0.15) is 34.0 Å². The molecule has 3 aliphatic heterocycles. The zero-order valence-electron chi connectivity index (χ0n) is 19.7. The highest BCUT2D eigenvalue weighted by molar-refractivity contribution is 7.54. The van der Waals surface area contributed by atoms with Gasteiger partial charge in [0.25, 0.3) is 5.91 Å². The molecule has 0 bridgehead atoms. The smallest absolute Gasteiger partial charge is 0.346 e. The third kappa shape index (κ3) is 4.42. The van der Waals surface area contributed by atoms with Gasteiger partial charge < -0.3 is 14.4 Å². The summed E-state index contributed by atoms with van der Waals surface area (Å²) in [7, 11) is -3.05. The van der Waals surface area contributed by atoms with Gasteiger partial charge in [0.2, 0.25) is 5.75 Å². The fourth-order valence-corrected chi connectivity index (χ4v) is 7.19. The quantitative estimate of drug-likeness (QED) is 0.226. The van der Waals surface area contributed by atoms with E-state index >= 15 is 0 Å². The number of fused-ring (bicyclic) bond motifs is 1. The number of rotatable bonds is 8. The lowest BCUT2D eigenvalue weighted by Crippen LogP contribution is -2.40. The van der Waals surface area contributed by atoms with Gasteiger partial charge in [0.15, 0.2) is 0 Å². The van der Waals surface area contributed by atoms with E-state index in [0.29, 0.717) is 56.0 Å².